The van der Waals surface area contributed by atoms with Gasteiger partial charge >= 0.3 is 0 Å². The molecule has 0 bridgehead atoms. The number of hydrogen-bond acceptors (Lipinski definition) is 7. The topological polar surface area (TPSA) is 71.4 Å². The third kappa shape index (κ3) is 3.60. The van der Waals surface area contributed by atoms with Gasteiger partial charge in [0.05, 0.1) is 25.5 Å². The summed E-state index contributed by atoms with van der Waals surface area (Å²) in [6.45, 7) is 4.68. The van der Waals surface area contributed by atoms with E-state index < -0.39 is 0 Å². The van der Waals surface area contributed by atoms with E-state index in [0.29, 0.717) is 19.0 Å². The summed E-state index contributed by atoms with van der Waals surface area (Å²) in [6, 6.07) is 2.02. The van der Waals surface area contributed by atoms with Crippen LogP contribution in [0.25, 0.3) is 0 Å². The molecule has 2 aromatic rings. The van der Waals surface area contributed by atoms with Crippen molar-refractivity contribution < 1.29 is 9.84 Å². The Balaban J connectivity index is 1.85. The lowest BCUT2D eigenvalue weighted by molar-refractivity contribution is 0.193. The summed E-state index contributed by atoms with van der Waals surface area (Å²) in [5, 5.41) is 12.3. The average molecular weight is 320 g/mol. The van der Waals surface area contributed by atoms with Crippen LogP contribution in [-0.2, 0) is 11.3 Å². The maximum absolute atomic E-state index is 9.35. The molecule has 7 heteroatoms. The van der Waals surface area contributed by atoms with Crippen LogP contribution in [0.1, 0.15) is 28.9 Å². The number of aryl methyl sites for hydroxylation is 1. The summed E-state index contributed by atoms with van der Waals surface area (Å²) in [6.07, 6.45) is 2.80. The summed E-state index contributed by atoms with van der Waals surface area (Å²) in [5.74, 6) is 1.94. The van der Waals surface area contributed by atoms with Crippen LogP contribution in [0.15, 0.2) is 17.6 Å². The minimum absolute atomic E-state index is 0.0797. The molecule has 3 heterocycles. The molecule has 1 atom stereocenters. The molecule has 0 amide bonds. The highest BCUT2D eigenvalue weighted by Crippen LogP contribution is 2.26. The normalized spacial score (nSPS) is 17.8. The van der Waals surface area contributed by atoms with Gasteiger partial charge in [-0.05, 0) is 13.3 Å². The largest absolute Gasteiger partial charge is 0.395 e. The van der Waals surface area contributed by atoms with E-state index in [4.69, 9.17) is 4.74 Å². The highest BCUT2D eigenvalue weighted by Gasteiger charge is 2.21. The quantitative estimate of drug-likeness (QED) is 0.874. The minimum Gasteiger partial charge on any atom is -0.395 e. The first-order valence-corrected chi connectivity index (χ1v) is 8.31. The van der Waals surface area contributed by atoms with Crippen molar-refractivity contribution in [3.05, 3.63) is 34.2 Å². The number of hydrogen-bond donors (Lipinski definition) is 1. The van der Waals surface area contributed by atoms with Crippen molar-refractivity contribution in [2.45, 2.75) is 25.8 Å². The van der Waals surface area contributed by atoms with Crippen molar-refractivity contribution in [3.63, 3.8) is 0 Å². The Labute approximate surface area is 133 Å². The monoisotopic (exact) mass is 320 g/mol. The van der Waals surface area contributed by atoms with Gasteiger partial charge in [-0.25, -0.2) is 15.0 Å². The van der Waals surface area contributed by atoms with Gasteiger partial charge in [0.15, 0.2) is 0 Å². The van der Waals surface area contributed by atoms with Crippen molar-refractivity contribution in [1.82, 2.24) is 15.0 Å². The first-order valence-electron chi connectivity index (χ1n) is 7.44. The number of rotatable bonds is 6. The number of aliphatic hydroxyl groups excluding tert-OH is 1. The molecule has 22 heavy (non-hydrogen) atoms. The van der Waals surface area contributed by atoms with E-state index in [0.717, 1.165) is 42.0 Å². The van der Waals surface area contributed by atoms with Gasteiger partial charge in [0.2, 0.25) is 0 Å². The van der Waals surface area contributed by atoms with Crippen LogP contribution in [0.4, 0.5) is 5.82 Å². The van der Waals surface area contributed by atoms with Crippen LogP contribution in [0.2, 0.25) is 0 Å². The van der Waals surface area contributed by atoms with Gasteiger partial charge in [0.1, 0.15) is 16.6 Å². The van der Waals surface area contributed by atoms with E-state index in [-0.39, 0.29) is 6.61 Å². The molecule has 0 spiro atoms. The Hall–Kier alpha value is -1.57. The maximum atomic E-state index is 9.35. The van der Waals surface area contributed by atoms with Gasteiger partial charge in [-0.1, -0.05) is 0 Å². The molecule has 1 N–H and O–H groups in total. The SMILES string of the molecule is Cc1nc([C@@H]2CCOC2)cc(N(CCO)Cc2nccs2)n1. The Morgan fingerprint density at radius 1 is 1.45 bits per heavy atom. The van der Waals surface area contributed by atoms with E-state index >= 15 is 0 Å². The van der Waals surface area contributed by atoms with E-state index in [1.165, 1.54) is 0 Å². The zero-order chi connectivity index (χ0) is 15.4. The summed E-state index contributed by atoms with van der Waals surface area (Å²) in [4.78, 5) is 15.5. The number of anilines is 1. The van der Waals surface area contributed by atoms with Crippen molar-refractivity contribution in [2.24, 2.45) is 0 Å². The summed E-state index contributed by atoms with van der Waals surface area (Å²) in [7, 11) is 0. The second kappa shape index (κ2) is 7.13. The third-order valence-corrected chi connectivity index (χ3v) is 4.46. The van der Waals surface area contributed by atoms with Crippen molar-refractivity contribution in [3.8, 4) is 0 Å². The molecule has 1 fully saturated rings. The smallest absolute Gasteiger partial charge is 0.132 e. The molecule has 1 aliphatic rings. The summed E-state index contributed by atoms with van der Waals surface area (Å²) < 4.78 is 5.46. The van der Waals surface area contributed by atoms with Crippen LogP contribution < -0.4 is 4.90 Å². The van der Waals surface area contributed by atoms with Crippen LogP contribution in [0.3, 0.4) is 0 Å². The average Bonchev–Trinajstić information content (AvgIpc) is 3.20. The van der Waals surface area contributed by atoms with Crippen LogP contribution >= 0.6 is 11.3 Å². The molecular weight excluding hydrogens is 300 g/mol. The second-order valence-electron chi connectivity index (χ2n) is 5.33. The number of nitrogens with zero attached hydrogens (tertiary/aromatic N) is 4. The third-order valence-electron chi connectivity index (χ3n) is 3.70. The maximum Gasteiger partial charge on any atom is 0.132 e. The molecule has 0 radical (unpaired) electrons. The van der Waals surface area contributed by atoms with E-state index in [2.05, 4.69) is 15.0 Å². The first-order chi connectivity index (χ1) is 10.8. The number of aromatic nitrogens is 3. The highest BCUT2D eigenvalue weighted by molar-refractivity contribution is 7.09. The van der Waals surface area contributed by atoms with Gasteiger partial charge in [-0.15, -0.1) is 11.3 Å². The van der Waals surface area contributed by atoms with E-state index in [1.807, 2.05) is 23.3 Å². The molecule has 118 valence electrons. The Bertz CT molecular complexity index is 600. The zero-order valence-electron chi connectivity index (χ0n) is 12.6. The van der Waals surface area contributed by atoms with E-state index in [1.54, 1.807) is 17.5 Å². The van der Waals surface area contributed by atoms with Crippen LogP contribution in [-0.4, -0.2) is 46.4 Å². The highest BCUT2D eigenvalue weighted by atomic mass is 32.1. The molecule has 3 rings (SSSR count). The van der Waals surface area contributed by atoms with Gasteiger partial charge < -0.3 is 14.7 Å². The fourth-order valence-electron chi connectivity index (χ4n) is 2.60. The van der Waals surface area contributed by atoms with Gasteiger partial charge in [-0.2, -0.15) is 0 Å². The first kappa shape index (κ1) is 15.3. The Morgan fingerprint density at radius 3 is 3.05 bits per heavy atom. The Kier molecular flexibility index (Phi) is 4.97. The summed E-state index contributed by atoms with van der Waals surface area (Å²) in [5.41, 5.74) is 1.03. The molecule has 2 aromatic heterocycles. The fourth-order valence-corrected chi connectivity index (χ4v) is 3.23. The minimum atomic E-state index is 0.0797. The molecule has 0 unspecified atom stereocenters. The van der Waals surface area contributed by atoms with Crippen molar-refractivity contribution in [1.29, 1.82) is 0 Å². The van der Waals surface area contributed by atoms with Gasteiger partial charge in [0, 0.05) is 36.7 Å². The lowest BCUT2D eigenvalue weighted by atomic mass is 10.0. The predicted molar refractivity (Wildman–Crippen MR) is 85.2 cm³/mol. The molecule has 1 aliphatic heterocycles. The standard InChI is InChI=1S/C15H20N4O2S/c1-11-17-13(12-2-6-21-10-12)8-14(18-11)19(4-5-20)9-15-16-3-7-22-15/h3,7-8,12,20H,2,4-6,9-10H2,1H3/t12-/m1/s1. The lowest BCUT2D eigenvalue weighted by Crippen LogP contribution is -2.27. The molecule has 1 saturated heterocycles. The van der Waals surface area contributed by atoms with Crippen molar-refractivity contribution >= 4 is 17.2 Å². The van der Waals surface area contributed by atoms with Crippen LogP contribution in [0.5, 0.6) is 0 Å². The summed E-state index contributed by atoms with van der Waals surface area (Å²) >= 11 is 1.61. The van der Waals surface area contributed by atoms with E-state index in [9.17, 15) is 5.11 Å². The molecule has 0 aromatic carbocycles. The molecule has 0 aliphatic carbocycles. The van der Waals surface area contributed by atoms with Crippen molar-refractivity contribution in [2.75, 3.05) is 31.3 Å². The fraction of sp³-hybridized carbons (Fsp3) is 0.533. The Morgan fingerprint density at radius 2 is 2.36 bits per heavy atom. The molecule has 0 saturated carbocycles. The second-order valence-corrected chi connectivity index (χ2v) is 6.31. The molecular formula is C15H20N4O2S. The van der Waals surface area contributed by atoms with Gasteiger partial charge in [-0.3, -0.25) is 0 Å². The molecule has 6 nitrogen and oxygen atoms in total. The lowest BCUT2D eigenvalue weighted by Gasteiger charge is -2.23. The van der Waals surface area contributed by atoms with Crippen LogP contribution in [0, 0.1) is 6.92 Å². The zero-order valence-corrected chi connectivity index (χ0v) is 13.4. The number of thiazole rings is 1. The van der Waals surface area contributed by atoms with Gasteiger partial charge in [0.25, 0.3) is 0 Å². The number of ether oxygens (including phenoxy) is 1. The predicted octanol–water partition coefficient (Wildman–Crippen LogP) is 1.74. The number of aliphatic hydroxyl groups is 1.